The number of likely N-dealkylation sites (tertiary alicyclic amines) is 1. The van der Waals surface area contributed by atoms with Gasteiger partial charge in [-0.25, -0.2) is 9.67 Å². The van der Waals surface area contributed by atoms with E-state index in [1.165, 1.54) is 0 Å². The number of oxazole rings is 1. The fraction of sp³-hybridized carbons (Fsp3) is 0.650. The van der Waals surface area contributed by atoms with Crippen LogP contribution < -0.4 is 5.32 Å². The second-order valence-electron chi connectivity index (χ2n) is 8.57. The number of alkyl halides is 3. The molecule has 0 bridgehead atoms. The van der Waals surface area contributed by atoms with Crippen LogP contribution in [0.25, 0.3) is 0 Å². The number of carbonyl (C=O) groups is 1. The van der Waals surface area contributed by atoms with E-state index in [9.17, 15) is 18.0 Å². The average molecular weight is 425 g/mol. The summed E-state index contributed by atoms with van der Waals surface area (Å²) in [5.74, 6) is 0.738. The summed E-state index contributed by atoms with van der Waals surface area (Å²) in [6.07, 6.45) is -3.78. The van der Waals surface area contributed by atoms with E-state index in [-0.39, 0.29) is 36.0 Å². The molecule has 7 nitrogen and oxygen atoms in total. The second kappa shape index (κ2) is 7.31. The lowest BCUT2D eigenvalue weighted by Crippen LogP contribution is -2.41. The predicted octanol–water partition coefficient (Wildman–Crippen LogP) is 4.06. The molecule has 0 aliphatic carbocycles. The lowest BCUT2D eigenvalue weighted by molar-refractivity contribution is -0.174. The van der Waals surface area contributed by atoms with Gasteiger partial charge in [0.05, 0.1) is 11.4 Å². The Morgan fingerprint density at radius 2 is 2.07 bits per heavy atom. The van der Waals surface area contributed by atoms with E-state index in [2.05, 4.69) is 15.4 Å². The van der Waals surface area contributed by atoms with E-state index in [1.807, 2.05) is 13.8 Å². The minimum absolute atomic E-state index is 0.0469. The van der Waals surface area contributed by atoms with E-state index in [4.69, 9.17) is 4.42 Å². The van der Waals surface area contributed by atoms with Crippen LogP contribution in [0.2, 0.25) is 0 Å². The summed E-state index contributed by atoms with van der Waals surface area (Å²) >= 11 is 0. The Morgan fingerprint density at radius 3 is 2.67 bits per heavy atom. The van der Waals surface area contributed by atoms with Gasteiger partial charge in [0.25, 0.3) is 5.91 Å². The molecular weight excluding hydrogens is 399 g/mol. The summed E-state index contributed by atoms with van der Waals surface area (Å²) in [5.41, 5.74) is 1.12. The Kier molecular flexibility index (Phi) is 5.06. The average Bonchev–Trinajstić information content (AvgIpc) is 3.36. The van der Waals surface area contributed by atoms with Crippen molar-refractivity contribution in [3.8, 4) is 0 Å². The molecule has 4 heterocycles. The summed E-state index contributed by atoms with van der Waals surface area (Å²) in [7, 11) is 0. The zero-order valence-corrected chi connectivity index (χ0v) is 17.5. The van der Waals surface area contributed by atoms with E-state index in [0.717, 1.165) is 4.68 Å². The zero-order chi connectivity index (χ0) is 21.8. The fourth-order valence-corrected chi connectivity index (χ4v) is 4.32. The fourth-order valence-electron chi connectivity index (χ4n) is 4.32. The van der Waals surface area contributed by atoms with Crippen LogP contribution in [-0.2, 0) is 0 Å². The normalized spacial score (nSPS) is 24.3. The van der Waals surface area contributed by atoms with Gasteiger partial charge in [0.1, 0.15) is 5.82 Å². The molecule has 2 aromatic rings. The topological polar surface area (TPSA) is 76.2 Å². The van der Waals surface area contributed by atoms with Crippen LogP contribution in [0.4, 0.5) is 19.0 Å². The van der Waals surface area contributed by atoms with Crippen molar-refractivity contribution in [2.75, 3.05) is 18.4 Å². The maximum atomic E-state index is 13.7. The molecule has 1 amide bonds. The third-order valence-electron chi connectivity index (χ3n) is 6.03. The SMILES string of the molecule is Cc1nc(C)c(C(=O)N2CCC(c3cc4n(n3)[C@@H](C(F)(F)F)C[C@@H](C(C)C)N4)C2)o1. The smallest absolute Gasteiger partial charge is 0.410 e. The number of halogens is 3. The number of aromatic nitrogens is 3. The highest BCUT2D eigenvalue weighted by Crippen LogP contribution is 2.42. The van der Waals surface area contributed by atoms with E-state index in [0.29, 0.717) is 42.6 Å². The van der Waals surface area contributed by atoms with Gasteiger partial charge in [0.15, 0.2) is 11.9 Å². The van der Waals surface area contributed by atoms with Gasteiger partial charge in [-0.15, -0.1) is 0 Å². The molecule has 164 valence electrons. The van der Waals surface area contributed by atoms with Gasteiger partial charge in [-0.3, -0.25) is 4.79 Å². The molecule has 0 saturated carbocycles. The number of anilines is 1. The third-order valence-corrected chi connectivity index (χ3v) is 6.03. The Balaban J connectivity index is 1.55. The number of carbonyl (C=O) groups excluding carboxylic acids is 1. The molecule has 2 aromatic heterocycles. The molecule has 1 fully saturated rings. The molecule has 10 heteroatoms. The van der Waals surface area contributed by atoms with Crippen LogP contribution in [-0.4, -0.2) is 50.9 Å². The first-order chi connectivity index (χ1) is 14.0. The van der Waals surface area contributed by atoms with Crippen molar-refractivity contribution in [2.24, 2.45) is 5.92 Å². The van der Waals surface area contributed by atoms with Crippen molar-refractivity contribution in [3.63, 3.8) is 0 Å². The quantitative estimate of drug-likeness (QED) is 0.803. The van der Waals surface area contributed by atoms with Gasteiger partial charge in [-0.2, -0.15) is 18.3 Å². The molecule has 1 saturated heterocycles. The predicted molar refractivity (Wildman–Crippen MR) is 103 cm³/mol. The largest absolute Gasteiger partial charge is 0.436 e. The highest BCUT2D eigenvalue weighted by atomic mass is 19.4. The molecule has 4 rings (SSSR count). The first-order valence-corrected chi connectivity index (χ1v) is 10.2. The van der Waals surface area contributed by atoms with Crippen molar-refractivity contribution in [1.29, 1.82) is 0 Å². The van der Waals surface area contributed by atoms with Crippen molar-refractivity contribution in [2.45, 2.75) is 64.7 Å². The third kappa shape index (κ3) is 3.67. The van der Waals surface area contributed by atoms with Gasteiger partial charge in [0.2, 0.25) is 5.76 Å². The maximum absolute atomic E-state index is 13.7. The van der Waals surface area contributed by atoms with E-state index >= 15 is 0 Å². The van der Waals surface area contributed by atoms with E-state index in [1.54, 1.807) is 24.8 Å². The van der Waals surface area contributed by atoms with Crippen molar-refractivity contribution in [3.05, 3.63) is 29.1 Å². The molecule has 0 spiro atoms. The Hall–Kier alpha value is -2.52. The number of hydrogen-bond donors (Lipinski definition) is 1. The van der Waals surface area contributed by atoms with Gasteiger partial charge in [0, 0.05) is 38.0 Å². The summed E-state index contributed by atoms with van der Waals surface area (Å²) in [5, 5.41) is 7.53. The molecule has 2 aliphatic heterocycles. The molecular formula is C20H26F3N5O2. The number of hydrogen-bond acceptors (Lipinski definition) is 5. The molecule has 30 heavy (non-hydrogen) atoms. The van der Waals surface area contributed by atoms with Crippen molar-refractivity contribution < 1.29 is 22.4 Å². The lowest BCUT2D eigenvalue weighted by atomic mass is 9.94. The number of nitrogens with zero attached hydrogens (tertiary/aromatic N) is 4. The van der Waals surface area contributed by atoms with Crippen LogP contribution in [0.5, 0.6) is 0 Å². The lowest BCUT2D eigenvalue weighted by Gasteiger charge is -2.35. The van der Waals surface area contributed by atoms with Gasteiger partial charge < -0.3 is 14.6 Å². The van der Waals surface area contributed by atoms with Crippen LogP contribution in [0.15, 0.2) is 10.5 Å². The highest BCUT2D eigenvalue weighted by molar-refractivity contribution is 5.92. The van der Waals surface area contributed by atoms with Crippen LogP contribution in [0, 0.1) is 19.8 Å². The van der Waals surface area contributed by atoms with Crippen molar-refractivity contribution >= 4 is 11.7 Å². The monoisotopic (exact) mass is 425 g/mol. The Morgan fingerprint density at radius 1 is 1.33 bits per heavy atom. The second-order valence-corrected chi connectivity index (χ2v) is 8.57. The molecule has 2 aliphatic rings. The minimum atomic E-state index is -4.37. The van der Waals surface area contributed by atoms with Gasteiger partial charge >= 0.3 is 6.18 Å². The van der Waals surface area contributed by atoms with Gasteiger partial charge in [-0.05, 0) is 25.7 Å². The maximum Gasteiger partial charge on any atom is 0.410 e. The Bertz CT molecular complexity index is 949. The first-order valence-electron chi connectivity index (χ1n) is 10.2. The van der Waals surface area contributed by atoms with Crippen LogP contribution in [0.3, 0.4) is 0 Å². The molecule has 3 atom stereocenters. The number of fused-ring (bicyclic) bond motifs is 1. The summed E-state index contributed by atoms with van der Waals surface area (Å²) < 4.78 is 47.5. The first kappa shape index (κ1) is 20.7. The number of rotatable bonds is 3. The van der Waals surface area contributed by atoms with Crippen LogP contribution >= 0.6 is 0 Å². The van der Waals surface area contributed by atoms with Crippen molar-refractivity contribution in [1.82, 2.24) is 19.7 Å². The number of nitrogens with one attached hydrogen (secondary N) is 1. The minimum Gasteiger partial charge on any atom is -0.436 e. The van der Waals surface area contributed by atoms with Crippen LogP contribution in [0.1, 0.15) is 66.5 Å². The summed E-state index contributed by atoms with van der Waals surface area (Å²) in [4.78, 5) is 18.5. The highest BCUT2D eigenvalue weighted by Gasteiger charge is 2.47. The Labute approximate surface area is 172 Å². The molecule has 0 radical (unpaired) electrons. The van der Waals surface area contributed by atoms with Gasteiger partial charge in [-0.1, -0.05) is 13.8 Å². The molecule has 0 aromatic carbocycles. The summed E-state index contributed by atoms with van der Waals surface area (Å²) in [6.45, 7) is 8.10. The molecule has 1 N–H and O–H groups in total. The van der Waals surface area contributed by atoms with E-state index < -0.39 is 12.2 Å². The summed E-state index contributed by atoms with van der Waals surface area (Å²) in [6, 6.07) is -0.211. The zero-order valence-electron chi connectivity index (χ0n) is 17.5. The number of aryl methyl sites for hydroxylation is 2. The standard InChI is InChI=1S/C20H26F3N5O2/c1-10(2)14-7-16(20(21,22)23)28-17(25-14)8-15(26-28)13-5-6-27(9-13)19(29)18-11(3)24-12(4)30-18/h8,10,13-14,16,25H,5-7,9H2,1-4H3/t13?,14-,16+/m0/s1. The molecule has 1 unspecified atom stereocenters. The number of amides is 1.